The van der Waals surface area contributed by atoms with Crippen molar-refractivity contribution in [2.24, 2.45) is 0 Å². The Bertz CT molecular complexity index is 499. The van der Waals surface area contributed by atoms with Crippen LogP contribution >= 0.6 is 11.8 Å². The summed E-state index contributed by atoms with van der Waals surface area (Å²) in [5.74, 6) is 2.03. The molecule has 0 saturated carbocycles. The van der Waals surface area contributed by atoms with Crippen molar-refractivity contribution in [3.05, 3.63) is 18.5 Å². The normalized spacial score (nSPS) is 17.6. The fourth-order valence-electron chi connectivity index (χ4n) is 1.90. The number of nitrogens with zero attached hydrogens (tertiary/aromatic N) is 1. The molecule has 18 heavy (non-hydrogen) atoms. The molecule has 2 rings (SSSR count). The zero-order valence-electron chi connectivity index (χ0n) is 10.2. The molecular formula is C11H17N3O2S2. The molecule has 0 radical (unpaired) electrons. The van der Waals surface area contributed by atoms with Gasteiger partial charge in [-0.3, -0.25) is 4.98 Å². The molecule has 0 amide bonds. The first-order valence-corrected chi connectivity index (χ1v) is 8.49. The Hall–Kier alpha value is -0.790. The molecule has 0 aliphatic carbocycles. The number of sulfonamides is 1. The minimum absolute atomic E-state index is 0.0427. The number of aromatic nitrogens is 1. The molecule has 1 aromatic heterocycles. The minimum Gasteiger partial charge on any atom is -0.387 e. The van der Waals surface area contributed by atoms with Crippen molar-refractivity contribution < 1.29 is 8.42 Å². The first-order chi connectivity index (χ1) is 8.63. The number of hydrogen-bond donors (Lipinski definition) is 2. The van der Waals surface area contributed by atoms with Crippen LogP contribution in [0.2, 0.25) is 0 Å². The Morgan fingerprint density at radius 1 is 1.39 bits per heavy atom. The van der Waals surface area contributed by atoms with Crippen LogP contribution in [0, 0.1) is 0 Å². The van der Waals surface area contributed by atoms with Crippen LogP contribution in [-0.4, -0.2) is 38.0 Å². The molecule has 2 N–H and O–H groups in total. The molecule has 1 aromatic rings. The van der Waals surface area contributed by atoms with Crippen LogP contribution in [0.1, 0.15) is 12.8 Å². The van der Waals surface area contributed by atoms with E-state index in [-0.39, 0.29) is 10.9 Å². The molecule has 0 unspecified atom stereocenters. The maximum absolute atomic E-state index is 12.3. The Balaban J connectivity index is 2.19. The maximum atomic E-state index is 12.3. The van der Waals surface area contributed by atoms with Gasteiger partial charge in [-0.15, -0.1) is 0 Å². The van der Waals surface area contributed by atoms with E-state index >= 15 is 0 Å². The molecule has 1 fully saturated rings. The number of thioether (sulfide) groups is 1. The molecule has 7 heteroatoms. The van der Waals surface area contributed by atoms with Crippen LogP contribution < -0.4 is 10.0 Å². The van der Waals surface area contributed by atoms with E-state index in [0.29, 0.717) is 5.69 Å². The lowest BCUT2D eigenvalue weighted by molar-refractivity contribution is 0.529. The van der Waals surface area contributed by atoms with Crippen molar-refractivity contribution >= 4 is 27.5 Å². The van der Waals surface area contributed by atoms with Gasteiger partial charge in [0, 0.05) is 25.5 Å². The van der Waals surface area contributed by atoms with Gasteiger partial charge in [-0.05, 0) is 30.4 Å². The largest absolute Gasteiger partial charge is 0.387 e. The lowest BCUT2D eigenvalue weighted by atomic mass is 10.2. The lowest BCUT2D eigenvalue weighted by Gasteiger charge is -2.22. The number of pyridine rings is 1. The van der Waals surface area contributed by atoms with Crippen LogP contribution in [-0.2, 0) is 10.0 Å². The second-order valence-electron chi connectivity index (χ2n) is 4.13. The van der Waals surface area contributed by atoms with Crippen molar-refractivity contribution in [2.75, 3.05) is 23.9 Å². The van der Waals surface area contributed by atoms with Crippen molar-refractivity contribution in [1.82, 2.24) is 9.71 Å². The van der Waals surface area contributed by atoms with Crippen LogP contribution in [0.5, 0.6) is 0 Å². The standard InChI is InChI=1S/C11H17N3O2S2/c1-12-10-2-5-13-8-11(10)18(15,16)14-9-3-6-17-7-4-9/h2,5,8-9,14H,3-4,6-7H2,1H3,(H,12,13). The third kappa shape index (κ3) is 3.15. The highest BCUT2D eigenvalue weighted by Gasteiger charge is 2.24. The number of anilines is 1. The van der Waals surface area contributed by atoms with Gasteiger partial charge < -0.3 is 5.32 Å². The topological polar surface area (TPSA) is 71.1 Å². The molecule has 0 bridgehead atoms. The molecule has 100 valence electrons. The predicted molar refractivity (Wildman–Crippen MR) is 74.5 cm³/mol. The molecular weight excluding hydrogens is 270 g/mol. The Morgan fingerprint density at radius 2 is 2.11 bits per heavy atom. The Kier molecular flexibility index (Phi) is 4.47. The second kappa shape index (κ2) is 5.90. The van der Waals surface area contributed by atoms with Gasteiger partial charge in [-0.1, -0.05) is 0 Å². The van der Waals surface area contributed by atoms with E-state index in [0.717, 1.165) is 24.3 Å². The van der Waals surface area contributed by atoms with Crippen LogP contribution in [0.4, 0.5) is 5.69 Å². The van der Waals surface area contributed by atoms with Crippen molar-refractivity contribution in [1.29, 1.82) is 0 Å². The lowest BCUT2D eigenvalue weighted by Crippen LogP contribution is -2.37. The van der Waals surface area contributed by atoms with Crippen molar-refractivity contribution in [3.63, 3.8) is 0 Å². The van der Waals surface area contributed by atoms with Crippen molar-refractivity contribution in [3.8, 4) is 0 Å². The molecule has 1 saturated heterocycles. The van der Waals surface area contributed by atoms with E-state index in [1.165, 1.54) is 6.20 Å². The predicted octanol–water partition coefficient (Wildman–Crippen LogP) is 1.30. The van der Waals surface area contributed by atoms with E-state index in [9.17, 15) is 8.42 Å². The van der Waals surface area contributed by atoms with E-state index in [1.807, 2.05) is 11.8 Å². The van der Waals surface area contributed by atoms with Crippen LogP contribution in [0.3, 0.4) is 0 Å². The summed E-state index contributed by atoms with van der Waals surface area (Å²) in [5, 5.41) is 2.88. The fourth-order valence-corrected chi connectivity index (χ4v) is 4.47. The SMILES string of the molecule is CNc1ccncc1S(=O)(=O)NC1CCSCC1. The van der Waals surface area contributed by atoms with Gasteiger partial charge >= 0.3 is 0 Å². The van der Waals surface area contributed by atoms with Crippen LogP contribution in [0.25, 0.3) is 0 Å². The zero-order valence-corrected chi connectivity index (χ0v) is 11.9. The van der Waals surface area contributed by atoms with Gasteiger partial charge in [0.15, 0.2) is 0 Å². The van der Waals surface area contributed by atoms with Gasteiger partial charge in [-0.25, -0.2) is 13.1 Å². The second-order valence-corrected chi connectivity index (χ2v) is 7.04. The molecule has 0 atom stereocenters. The summed E-state index contributed by atoms with van der Waals surface area (Å²) in [6, 6.07) is 1.70. The highest BCUT2D eigenvalue weighted by Crippen LogP contribution is 2.22. The van der Waals surface area contributed by atoms with Gasteiger partial charge in [0.2, 0.25) is 10.0 Å². The quantitative estimate of drug-likeness (QED) is 0.873. The minimum atomic E-state index is -3.49. The smallest absolute Gasteiger partial charge is 0.244 e. The van der Waals surface area contributed by atoms with E-state index in [4.69, 9.17) is 0 Å². The summed E-state index contributed by atoms with van der Waals surface area (Å²) in [6.07, 6.45) is 4.73. The van der Waals surface area contributed by atoms with Gasteiger partial charge in [0.25, 0.3) is 0 Å². The number of rotatable bonds is 4. The van der Waals surface area contributed by atoms with Gasteiger partial charge in [0.1, 0.15) is 4.90 Å². The zero-order chi connectivity index (χ0) is 13.0. The van der Waals surface area contributed by atoms with E-state index in [1.54, 1.807) is 19.3 Å². The highest BCUT2D eigenvalue weighted by atomic mass is 32.2. The summed E-state index contributed by atoms with van der Waals surface area (Å²) in [7, 11) is -1.79. The molecule has 0 aromatic carbocycles. The van der Waals surface area contributed by atoms with E-state index in [2.05, 4.69) is 15.0 Å². The Labute approximate surface area is 112 Å². The summed E-state index contributed by atoms with van der Waals surface area (Å²) in [6.45, 7) is 0. The average Bonchev–Trinajstić information content (AvgIpc) is 2.39. The first-order valence-electron chi connectivity index (χ1n) is 5.85. The highest BCUT2D eigenvalue weighted by molar-refractivity contribution is 7.99. The van der Waals surface area contributed by atoms with Gasteiger partial charge in [0.05, 0.1) is 5.69 Å². The van der Waals surface area contributed by atoms with Gasteiger partial charge in [-0.2, -0.15) is 11.8 Å². The Morgan fingerprint density at radius 3 is 2.78 bits per heavy atom. The molecule has 1 aliphatic heterocycles. The number of hydrogen-bond acceptors (Lipinski definition) is 5. The molecule has 0 spiro atoms. The molecule has 2 heterocycles. The summed E-state index contributed by atoms with van der Waals surface area (Å²) < 4.78 is 27.3. The monoisotopic (exact) mass is 287 g/mol. The third-order valence-corrected chi connectivity index (χ3v) is 5.48. The van der Waals surface area contributed by atoms with E-state index < -0.39 is 10.0 Å². The summed E-state index contributed by atoms with van der Waals surface area (Å²) in [5.41, 5.74) is 0.572. The molecule has 5 nitrogen and oxygen atoms in total. The van der Waals surface area contributed by atoms with Crippen molar-refractivity contribution in [2.45, 2.75) is 23.8 Å². The summed E-state index contributed by atoms with van der Waals surface area (Å²) >= 11 is 1.87. The first kappa shape index (κ1) is 13.6. The number of nitrogens with one attached hydrogen (secondary N) is 2. The van der Waals surface area contributed by atoms with Crippen LogP contribution in [0.15, 0.2) is 23.4 Å². The third-order valence-electron chi connectivity index (χ3n) is 2.89. The molecule has 1 aliphatic rings. The fraction of sp³-hybridized carbons (Fsp3) is 0.545. The summed E-state index contributed by atoms with van der Waals surface area (Å²) in [4.78, 5) is 4.10. The maximum Gasteiger partial charge on any atom is 0.244 e. The average molecular weight is 287 g/mol.